The lowest BCUT2D eigenvalue weighted by Gasteiger charge is -2.32. The second kappa shape index (κ2) is 6.95. The Bertz CT molecular complexity index is 389. The number of hydrogen-bond donors (Lipinski definition) is 1. The van der Waals surface area contributed by atoms with Gasteiger partial charge in [-0.2, -0.15) is 0 Å². The number of rotatable bonds is 5. The molecule has 1 N–H and O–H groups in total. The lowest BCUT2D eigenvalue weighted by molar-refractivity contribution is 0.0680. The van der Waals surface area contributed by atoms with Gasteiger partial charge in [-0.1, -0.05) is 44.4 Å². The van der Waals surface area contributed by atoms with Crippen LogP contribution >= 0.6 is 0 Å². The summed E-state index contributed by atoms with van der Waals surface area (Å²) in [6.07, 6.45) is 6.70. The van der Waals surface area contributed by atoms with E-state index < -0.39 is 0 Å². The van der Waals surface area contributed by atoms with Crippen LogP contribution in [0.25, 0.3) is 0 Å². The maximum atomic E-state index is 10.5. The van der Waals surface area contributed by atoms with Gasteiger partial charge in [-0.05, 0) is 36.3 Å². The van der Waals surface area contributed by atoms with Crippen LogP contribution < -0.4 is 4.74 Å². The van der Waals surface area contributed by atoms with E-state index in [4.69, 9.17) is 4.74 Å². The van der Waals surface area contributed by atoms with Crippen molar-refractivity contribution in [3.05, 3.63) is 29.8 Å². The largest absolute Gasteiger partial charge is 0.496 e. The van der Waals surface area contributed by atoms with Crippen molar-refractivity contribution in [1.82, 2.24) is 0 Å². The second-order valence-electron chi connectivity index (χ2n) is 5.78. The molecule has 0 bridgehead atoms. The zero-order chi connectivity index (χ0) is 13.7. The van der Waals surface area contributed by atoms with Crippen molar-refractivity contribution >= 4 is 0 Å². The first-order chi connectivity index (χ1) is 9.24. The molecule has 1 aliphatic carbocycles. The molecule has 3 atom stereocenters. The number of methoxy groups -OCH3 is 1. The number of benzene rings is 1. The Balaban J connectivity index is 1.98. The monoisotopic (exact) mass is 262 g/mol. The Kier molecular flexibility index (Phi) is 5.26. The maximum Gasteiger partial charge on any atom is 0.122 e. The predicted octanol–water partition coefficient (Wildman–Crippen LogP) is 3.82. The van der Waals surface area contributed by atoms with Crippen LogP contribution in [-0.4, -0.2) is 18.3 Å². The summed E-state index contributed by atoms with van der Waals surface area (Å²) in [7, 11) is 1.69. The fourth-order valence-corrected chi connectivity index (χ4v) is 3.32. The molecule has 3 unspecified atom stereocenters. The second-order valence-corrected chi connectivity index (χ2v) is 5.78. The predicted molar refractivity (Wildman–Crippen MR) is 78.4 cm³/mol. The zero-order valence-electron chi connectivity index (χ0n) is 12.1. The Labute approximate surface area is 116 Å². The van der Waals surface area contributed by atoms with Crippen LogP contribution in [0.15, 0.2) is 24.3 Å². The fourth-order valence-electron chi connectivity index (χ4n) is 3.32. The SMILES string of the molecule is CCC1CCCC(C(O)Cc2ccccc2OC)C1. The smallest absolute Gasteiger partial charge is 0.122 e. The Hall–Kier alpha value is -1.02. The van der Waals surface area contributed by atoms with E-state index in [9.17, 15) is 5.11 Å². The highest BCUT2D eigenvalue weighted by atomic mass is 16.5. The minimum Gasteiger partial charge on any atom is -0.496 e. The highest BCUT2D eigenvalue weighted by Gasteiger charge is 2.27. The molecule has 19 heavy (non-hydrogen) atoms. The molecule has 2 heteroatoms. The molecule has 2 rings (SSSR count). The van der Waals surface area contributed by atoms with Crippen molar-refractivity contribution in [2.24, 2.45) is 11.8 Å². The summed E-state index contributed by atoms with van der Waals surface area (Å²) in [5.41, 5.74) is 1.12. The van der Waals surface area contributed by atoms with E-state index in [1.165, 1.54) is 32.1 Å². The number of hydrogen-bond acceptors (Lipinski definition) is 2. The van der Waals surface area contributed by atoms with Gasteiger partial charge < -0.3 is 9.84 Å². The Morgan fingerprint density at radius 2 is 2.11 bits per heavy atom. The first-order valence-corrected chi connectivity index (χ1v) is 7.54. The summed E-state index contributed by atoms with van der Waals surface area (Å²) < 4.78 is 5.36. The van der Waals surface area contributed by atoms with Gasteiger partial charge in [-0.25, -0.2) is 0 Å². The molecule has 0 amide bonds. The lowest BCUT2D eigenvalue weighted by Crippen LogP contribution is -2.28. The Morgan fingerprint density at radius 1 is 1.32 bits per heavy atom. The molecule has 1 aliphatic rings. The van der Waals surface area contributed by atoms with Gasteiger partial charge in [0, 0.05) is 6.42 Å². The molecule has 0 aromatic heterocycles. The summed E-state index contributed by atoms with van der Waals surface area (Å²) in [6, 6.07) is 8.02. The highest BCUT2D eigenvalue weighted by molar-refractivity contribution is 5.33. The van der Waals surface area contributed by atoms with Crippen LogP contribution in [-0.2, 0) is 6.42 Å². The molecule has 1 aromatic carbocycles. The standard InChI is InChI=1S/C17H26O2/c1-3-13-7-6-9-14(11-13)16(18)12-15-8-4-5-10-17(15)19-2/h4-5,8,10,13-14,16,18H,3,6-7,9,11-12H2,1-2H3. The van der Waals surface area contributed by atoms with Crippen LogP contribution in [0.3, 0.4) is 0 Å². The van der Waals surface area contributed by atoms with Crippen LogP contribution in [0.1, 0.15) is 44.6 Å². The molecule has 0 spiro atoms. The molecular weight excluding hydrogens is 236 g/mol. The van der Waals surface area contributed by atoms with Gasteiger partial charge in [-0.15, -0.1) is 0 Å². The molecule has 1 aromatic rings. The number of ether oxygens (including phenoxy) is 1. The summed E-state index contributed by atoms with van der Waals surface area (Å²) in [5.74, 6) is 2.17. The van der Waals surface area contributed by atoms with Gasteiger partial charge in [0.05, 0.1) is 13.2 Å². The zero-order valence-corrected chi connectivity index (χ0v) is 12.1. The third-order valence-electron chi connectivity index (χ3n) is 4.57. The average Bonchev–Trinajstić information content (AvgIpc) is 2.47. The van der Waals surface area contributed by atoms with E-state index in [2.05, 4.69) is 13.0 Å². The van der Waals surface area contributed by atoms with Crippen molar-refractivity contribution < 1.29 is 9.84 Å². The van der Waals surface area contributed by atoms with Gasteiger partial charge >= 0.3 is 0 Å². The van der Waals surface area contributed by atoms with Crippen LogP contribution in [0.5, 0.6) is 5.75 Å². The van der Waals surface area contributed by atoms with Crippen molar-refractivity contribution in [2.45, 2.75) is 51.6 Å². The third kappa shape index (κ3) is 3.73. The topological polar surface area (TPSA) is 29.5 Å². The van der Waals surface area contributed by atoms with Crippen LogP contribution in [0.4, 0.5) is 0 Å². The first-order valence-electron chi connectivity index (χ1n) is 7.54. The molecule has 1 fully saturated rings. The number of para-hydroxylation sites is 1. The minimum absolute atomic E-state index is 0.231. The molecule has 1 saturated carbocycles. The first kappa shape index (κ1) is 14.4. The van der Waals surface area contributed by atoms with Crippen molar-refractivity contribution in [3.8, 4) is 5.75 Å². The van der Waals surface area contributed by atoms with E-state index >= 15 is 0 Å². The summed E-state index contributed by atoms with van der Waals surface area (Å²) in [6.45, 7) is 2.26. The lowest BCUT2D eigenvalue weighted by atomic mass is 9.76. The Morgan fingerprint density at radius 3 is 2.84 bits per heavy atom. The van der Waals surface area contributed by atoms with E-state index in [1.54, 1.807) is 7.11 Å². The summed E-state index contributed by atoms with van der Waals surface area (Å²) in [5, 5.41) is 10.5. The molecule has 2 nitrogen and oxygen atoms in total. The van der Waals surface area contributed by atoms with Crippen LogP contribution in [0.2, 0.25) is 0 Å². The maximum absolute atomic E-state index is 10.5. The van der Waals surface area contributed by atoms with Crippen LogP contribution in [0, 0.1) is 11.8 Å². The third-order valence-corrected chi connectivity index (χ3v) is 4.57. The molecule has 0 aliphatic heterocycles. The normalized spacial score (nSPS) is 25.0. The molecule has 106 valence electrons. The molecular formula is C17H26O2. The van der Waals surface area contributed by atoms with Gasteiger partial charge in [0.1, 0.15) is 5.75 Å². The van der Waals surface area contributed by atoms with Gasteiger partial charge in [0.2, 0.25) is 0 Å². The molecule has 0 radical (unpaired) electrons. The summed E-state index contributed by atoms with van der Waals surface area (Å²) >= 11 is 0. The molecule has 0 saturated heterocycles. The fraction of sp³-hybridized carbons (Fsp3) is 0.647. The van der Waals surface area contributed by atoms with Gasteiger partial charge in [0.25, 0.3) is 0 Å². The van der Waals surface area contributed by atoms with Crippen molar-refractivity contribution in [1.29, 1.82) is 0 Å². The van der Waals surface area contributed by atoms with Gasteiger partial charge in [-0.3, -0.25) is 0 Å². The van der Waals surface area contributed by atoms with E-state index in [0.29, 0.717) is 12.3 Å². The van der Waals surface area contributed by atoms with E-state index in [-0.39, 0.29) is 6.10 Å². The van der Waals surface area contributed by atoms with E-state index in [1.807, 2.05) is 18.2 Å². The number of aliphatic hydroxyl groups is 1. The van der Waals surface area contributed by atoms with Gasteiger partial charge in [0.15, 0.2) is 0 Å². The molecule has 0 heterocycles. The minimum atomic E-state index is -0.231. The van der Waals surface area contributed by atoms with Crippen molar-refractivity contribution in [2.75, 3.05) is 7.11 Å². The van der Waals surface area contributed by atoms with Crippen molar-refractivity contribution in [3.63, 3.8) is 0 Å². The average molecular weight is 262 g/mol. The quantitative estimate of drug-likeness (QED) is 0.874. The highest BCUT2D eigenvalue weighted by Crippen LogP contribution is 2.34. The van der Waals surface area contributed by atoms with E-state index in [0.717, 1.165) is 17.2 Å². The number of aliphatic hydroxyl groups excluding tert-OH is 1. The summed E-state index contributed by atoms with van der Waals surface area (Å²) in [4.78, 5) is 0.